The second kappa shape index (κ2) is 15.7. The summed E-state index contributed by atoms with van der Waals surface area (Å²) in [5.74, 6) is 0.487. The molecule has 0 bridgehead atoms. The normalized spacial score (nSPS) is 12.1. The number of aromatic nitrogens is 1. The highest BCUT2D eigenvalue weighted by atomic mass is 15.0. The summed E-state index contributed by atoms with van der Waals surface area (Å²) in [5.41, 5.74) is 21.4. The van der Waals surface area contributed by atoms with Crippen LogP contribution in [0.1, 0.15) is 16.7 Å². The Bertz CT molecular complexity index is 3160. The first-order valence-electron chi connectivity index (χ1n) is 20.1. The van der Waals surface area contributed by atoms with Gasteiger partial charge in [0.1, 0.15) is 5.84 Å². The first-order chi connectivity index (χ1) is 29.2. The molecule has 280 valence electrons. The molecular formula is C56H41N3. The summed E-state index contributed by atoms with van der Waals surface area (Å²) in [5, 5.41) is 4.77. The summed E-state index contributed by atoms with van der Waals surface area (Å²) < 4.78 is 2.36. The summed E-state index contributed by atoms with van der Waals surface area (Å²) in [6.07, 6.45) is 2.92. The van der Waals surface area contributed by atoms with E-state index in [0.717, 1.165) is 38.8 Å². The standard InChI is InChI=1S/C56H41N3/c57-56(42-17-6-2-7-18-42)58-53(35-29-39-27-30-41(31-28-39)40-15-4-1-5-16-40)50-34-33-47(48-23-10-11-24-49(48)50)45-20-14-19-43(37-45)44-32-36-55-52(38-44)51-25-12-13-26-54(51)59(55)46-21-8-3-9-22-46/h1-28,30-38H,29H2,(H2,57,58)/b53-35-. The van der Waals surface area contributed by atoms with Gasteiger partial charge in [0.25, 0.3) is 0 Å². The summed E-state index contributed by atoms with van der Waals surface area (Å²) in [7, 11) is 0. The predicted octanol–water partition coefficient (Wildman–Crippen LogP) is 13.9. The molecule has 0 spiro atoms. The van der Waals surface area contributed by atoms with E-state index in [0.29, 0.717) is 12.3 Å². The highest BCUT2D eigenvalue weighted by molar-refractivity contribution is 6.11. The minimum atomic E-state index is 0.487. The Kier molecular flexibility index (Phi) is 9.46. The maximum Gasteiger partial charge on any atom is 0.131 e. The van der Waals surface area contributed by atoms with Gasteiger partial charge in [0.05, 0.1) is 16.7 Å². The van der Waals surface area contributed by atoms with Gasteiger partial charge in [-0.2, -0.15) is 0 Å². The van der Waals surface area contributed by atoms with Crippen LogP contribution in [0.15, 0.2) is 229 Å². The van der Waals surface area contributed by atoms with Crippen LogP contribution in [0.25, 0.3) is 77.3 Å². The van der Waals surface area contributed by atoms with Crippen molar-refractivity contribution in [3.8, 4) is 39.1 Å². The van der Waals surface area contributed by atoms with Crippen molar-refractivity contribution in [2.45, 2.75) is 6.42 Å². The highest BCUT2D eigenvalue weighted by Gasteiger charge is 2.15. The molecule has 0 saturated heterocycles. The molecular weight excluding hydrogens is 715 g/mol. The summed E-state index contributed by atoms with van der Waals surface area (Å²) in [4.78, 5) is 5.12. The van der Waals surface area contributed by atoms with Gasteiger partial charge in [-0.15, -0.1) is 0 Å². The van der Waals surface area contributed by atoms with Crippen molar-refractivity contribution in [1.82, 2.24) is 4.57 Å². The Morgan fingerprint density at radius 1 is 0.441 bits per heavy atom. The van der Waals surface area contributed by atoms with Crippen molar-refractivity contribution in [1.29, 1.82) is 0 Å². The van der Waals surface area contributed by atoms with E-state index >= 15 is 0 Å². The largest absolute Gasteiger partial charge is 0.383 e. The Labute approximate surface area is 344 Å². The van der Waals surface area contributed by atoms with E-state index in [9.17, 15) is 0 Å². The fraction of sp³-hybridized carbons (Fsp3) is 0.0179. The fourth-order valence-electron chi connectivity index (χ4n) is 8.35. The Hall–Kier alpha value is -7.75. The van der Waals surface area contributed by atoms with Crippen molar-refractivity contribution in [3.05, 3.63) is 241 Å². The molecule has 1 aromatic heterocycles. The minimum Gasteiger partial charge on any atom is -0.383 e. The molecule has 0 unspecified atom stereocenters. The number of allylic oxidation sites excluding steroid dienone is 1. The molecule has 0 aliphatic rings. The van der Waals surface area contributed by atoms with Crippen LogP contribution in [0.4, 0.5) is 0 Å². The van der Waals surface area contributed by atoms with Gasteiger partial charge >= 0.3 is 0 Å². The molecule has 3 heteroatoms. The quantitative estimate of drug-likeness (QED) is 0.116. The molecule has 2 N–H and O–H groups in total. The van der Waals surface area contributed by atoms with Crippen LogP contribution in [0.5, 0.6) is 0 Å². The average Bonchev–Trinajstić information content (AvgIpc) is 3.65. The first-order valence-corrected chi connectivity index (χ1v) is 20.1. The summed E-state index contributed by atoms with van der Waals surface area (Å²) in [6, 6.07) is 77.5. The topological polar surface area (TPSA) is 43.3 Å². The molecule has 0 radical (unpaired) electrons. The lowest BCUT2D eigenvalue weighted by atomic mass is 9.91. The minimum absolute atomic E-state index is 0.487. The van der Waals surface area contributed by atoms with Gasteiger partial charge in [-0.25, -0.2) is 4.99 Å². The molecule has 9 aromatic carbocycles. The third-order valence-corrected chi connectivity index (χ3v) is 11.3. The molecule has 0 saturated carbocycles. The van der Waals surface area contributed by atoms with E-state index in [1.165, 1.54) is 55.2 Å². The molecule has 59 heavy (non-hydrogen) atoms. The first kappa shape index (κ1) is 35.6. The number of nitrogens with zero attached hydrogens (tertiary/aromatic N) is 2. The fourth-order valence-corrected chi connectivity index (χ4v) is 8.35. The van der Waals surface area contributed by atoms with E-state index in [1.807, 2.05) is 36.4 Å². The number of benzene rings is 9. The van der Waals surface area contributed by atoms with E-state index in [-0.39, 0.29) is 0 Å². The Balaban J connectivity index is 1.04. The SMILES string of the molecule is NC(=N/C(=C\Cc1ccc(-c2ccccc2)cc1)c1ccc(-c2cccc(-c3ccc4c(c3)c3ccccc3n4-c3ccccc3)c2)c2ccccc12)c1ccccc1. The molecule has 1 heterocycles. The summed E-state index contributed by atoms with van der Waals surface area (Å²) >= 11 is 0. The average molecular weight is 756 g/mol. The maximum absolute atomic E-state index is 6.73. The maximum atomic E-state index is 6.73. The molecule has 10 rings (SSSR count). The van der Waals surface area contributed by atoms with Gasteiger partial charge in [0.15, 0.2) is 0 Å². The lowest BCUT2D eigenvalue weighted by molar-refractivity contribution is 1.18. The van der Waals surface area contributed by atoms with Gasteiger partial charge < -0.3 is 10.3 Å². The van der Waals surface area contributed by atoms with Crippen LogP contribution in [0.3, 0.4) is 0 Å². The van der Waals surface area contributed by atoms with Gasteiger partial charge in [-0.1, -0.05) is 188 Å². The predicted molar refractivity (Wildman–Crippen MR) is 250 cm³/mol. The zero-order chi connectivity index (χ0) is 39.5. The number of hydrogen-bond donors (Lipinski definition) is 1. The number of fused-ring (bicyclic) bond motifs is 4. The second-order valence-corrected chi connectivity index (χ2v) is 14.9. The van der Waals surface area contributed by atoms with Crippen molar-refractivity contribution >= 4 is 44.1 Å². The Morgan fingerprint density at radius 3 is 1.80 bits per heavy atom. The number of aliphatic imine (C=N–C) groups is 1. The van der Waals surface area contributed by atoms with E-state index in [2.05, 4.69) is 193 Å². The smallest absolute Gasteiger partial charge is 0.131 e. The van der Waals surface area contributed by atoms with E-state index in [4.69, 9.17) is 10.7 Å². The zero-order valence-corrected chi connectivity index (χ0v) is 32.5. The molecule has 0 aliphatic heterocycles. The van der Waals surface area contributed by atoms with Gasteiger partial charge in [-0.3, -0.25) is 0 Å². The van der Waals surface area contributed by atoms with Crippen LogP contribution in [-0.4, -0.2) is 10.4 Å². The van der Waals surface area contributed by atoms with Crippen molar-refractivity contribution in [2.24, 2.45) is 10.7 Å². The Morgan fingerprint density at radius 2 is 1.02 bits per heavy atom. The van der Waals surface area contributed by atoms with E-state index in [1.54, 1.807) is 0 Å². The van der Waals surface area contributed by atoms with Crippen LogP contribution in [0, 0.1) is 0 Å². The third-order valence-electron chi connectivity index (χ3n) is 11.3. The number of amidine groups is 1. The van der Waals surface area contributed by atoms with Crippen molar-refractivity contribution in [2.75, 3.05) is 0 Å². The molecule has 0 atom stereocenters. The third kappa shape index (κ3) is 7.00. The molecule has 0 fully saturated rings. The van der Waals surface area contributed by atoms with Gasteiger partial charge in [0.2, 0.25) is 0 Å². The molecule has 10 aromatic rings. The number of hydrogen-bond acceptors (Lipinski definition) is 1. The van der Waals surface area contributed by atoms with Crippen molar-refractivity contribution in [3.63, 3.8) is 0 Å². The number of para-hydroxylation sites is 2. The van der Waals surface area contributed by atoms with Gasteiger partial charge in [0, 0.05) is 27.6 Å². The van der Waals surface area contributed by atoms with E-state index < -0.39 is 0 Å². The highest BCUT2D eigenvalue weighted by Crippen LogP contribution is 2.38. The number of nitrogens with two attached hydrogens (primary N) is 1. The zero-order valence-electron chi connectivity index (χ0n) is 32.5. The van der Waals surface area contributed by atoms with Crippen molar-refractivity contribution < 1.29 is 0 Å². The van der Waals surface area contributed by atoms with Gasteiger partial charge in [-0.05, 0) is 92.5 Å². The monoisotopic (exact) mass is 755 g/mol. The van der Waals surface area contributed by atoms with Crippen LogP contribution >= 0.6 is 0 Å². The number of rotatable bonds is 9. The van der Waals surface area contributed by atoms with Crippen LogP contribution in [0.2, 0.25) is 0 Å². The molecule has 3 nitrogen and oxygen atoms in total. The molecule has 0 amide bonds. The lowest BCUT2D eigenvalue weighted by Gasteiger charge is -2.14. The van der Waals surface area contributed by atoms with Crippen LogP contribution < -0.4 is 5.73 Å². The second-order valence-electron chi connectivity index (χ2n) is 14.9. The molecule has 0 aliphatic carbocycles. The lowest BCUT2D eigenvalue weighted by Crippen LogP contribution is -2.13. The van der Waals surface area contributed by atoms with Crippen LogP contribution in [-0.2, 0) is 6.42 Å². The summed E-state index contributed by atoms with van der Waals surface area (Å²) in [6.45, 7) is 0.